The molecule has 8 heteroatoms. The number of benzene rings is 1. The van der Waals surface area contributed by atoms with Gasteiger partial charge < -0.3 is 14.8 Å². The van der Waals surface area contributed by atoms with Gasteiger partial charge in [0.2, 0.25) is 5.91 Å². The number of piperazine rings is 1. The van der Waals surface area contributed by atoms with Crippen molar-refractivity contribution in [1.29, 1.82) is 5.26 Å². The number of nitrogens with zero attached hydrogens (tertiary/aromatic N) is 3. The average Bonchev–Trinajstić information content (AvgIpc) is 3.17. The van der Waals surface area contributed by atoms with E-state index in [-0.39, 0.29) is 5.91 Å². The Labute approximate surface area is 193 Å². The highest BCUT2D eigenvalue weighted by molar-refractivity contribution is 7.16. The zero-order valence-electron chi connectivity index (χ0n) is 18.6. The molecule has 4 rings (SSSR count). The van der Waals surface area contributed by atoms with Crippen molar-refractivity contribution in [2.45, 2.75) is 25.7 Å². The lowest BCUT2D eigenvalue weighted by Crippen LogP contribution is -2.49. The van der Waals surface area contributed by atoms with E-state index in [9.17, 15) is 10.1 Å². The van der Waals surface area contributed by atoms with Crippen LogP contribution < -0.4 is 14.8 Å². The van der Waals surface area contributed by atoms with Crippen LogP contribution in [0.2, 0.25) is 0 Å². The lowest BCUT2D eigenvalue weighted by Gasteiger charge is -2.34. The average molecular weight is 455 g/mol. The summed E-state index contributed by atoms with van der Waals surface area (Å²) in [5, 5.41) is 13.3. The van der Waals surface area contributed by atoms with Crippen LogP contribution in [-0.4, -0.2) is 68.7 Å². The van der Waals surface area contributed by atoms with Gasteiger partial charge in [0.25, 0.3) is 0 Å². The Hall–Kier alpha value is -2.60. The lowest BCUT2D eigenvalue weighted by molar-refractivity contribution is -0.117. The normalized spacial score (nSPS) is 16.8. The van der Waals surface area contributed by atoms with E-state index in [1.807, 2.05) is 24.3 Å². The van der Waals surface area contributed by atoms with Crippen molar-refractivity contribution in [3.05, 3.63) is 40.3 Å². The topological polar surface area (TPSA) is 77.8 Å². The smallest absolute Gasteiger partial charge is 0.239 e. The number of ether oxygens (including phenoxy) is 2. The van der Waals surface area contributed by atoms with Crippen LogP contribution in [0.1, 0.15) is 28.8 Å². The number of anilines is 1. The van der Waals surface area contributed by atoms with Gasteiger partial charge in [0.1, 0.15) is 29.2 Å². The molecule has 1 N–H and O–H groups in total. The number of rotatable bonds is 8. The number of methoxy groups -OCH3 is 1. The van der Waals surface area contributed by atoms with Gasteiger partial charge in [-0.3, -0.25) is 14.6 Å². The summed E-state index contributed by atoms with van der Waals surface area (Å²) < 4.78 is 11.0. The first-order valence-corrected chi connectivity index (χ1v) is 12.0. The predicted octanol–water partition coefficient (Wildman–Crippen LogP) is 3.14. The summed E-state index contributed by atoms with van der Waals surface area (Å²) in [4.78, 5) is 18.4. The summed E-state index contributed by atoms with van der Waals surface area (Å²) in [5.41, 5.74) is 1.84. The Morgan fingerprint density at radius 3 is 2.50 bits per heavy atom. The molecule has 0 atom stereocenters. The van der Waals surface area contributed by atoms with Crippen LogP contribution in [-0.2, 0) is 17.6 Å². The molecular formula is C24H30N4O3S. The zero-order valence-corrected chi connectivity index (χ0v) is 19.4. The van der Waals surface area contributed by atoms with E-state index < -0.39 is 0 Å². The quantitative estimate of drug-likeness (QED) is 0.660. The maximum absolute atomic E-state index is 12.6. The van der Waals surface area contributed by atoms with Crippen LogP contribution in [0.5, 0.6) is 11.5 Å². The van der Waals surface area contributed by atoms with Gasteiger partial charge in [0.15, 0.2) is 0 Å². The van der Waals surface area contributed by atoms with Crippen molar-refractivity contribution >= 4 is 22.2 Å². The third kappa shape index (κ3) is 5.60. The summed E-state index contributed by atoms with van der Waals surface area (Å²) in [5.74, 6) is 1.63. The Morgan fingerprint density at radius 1 is 1.09 bits per heavy atom. The van der Waals surface area contributed by atoms with E-state index in [1.54, 1.807) is 18.4 Å². The van der Waals surface area contributed by atoms with Crippen LogP contribution in [0.25, 0.3) is 0 Å². The van der Waals surface area contributed by atoms with Gasteiger partial charge in [0.05, 0.1) is 19.2 Å². The van der Waals surface area contributed by atoms with Gasteiger partial charge in [0, 0.05) is 37.6 Å². The number of thiophene rings is 1. The Bertz CT molecular complexity index is 959. The van der Waals surface area contributed by atoms with E-state index in [0.717, 1.165) is 74.0 Å². The van der Waals surface area contributed by atoms with Crippen LogP contribution in [0.15, 0.2) is 24.3 Å². The van der Waals surface area contributed by atoms with E-state index in [0.29, 0.717) is 18.7 Å². The summed E-state index contributed by atoms with van der Waals surface area (Å²) in [6.07, 6.45) is 4.27. The molecule has 2 aromatic rings. The van der Waals surface area contributed by atoms with Crippen molar-refractivity contribution < 1.29 is 14.3 Å². The van der Waals surface area contributed by atoms with Gasteiger partial charge in [-0.2, -0.15) is 5.26 Å². The van der Waals surface area contributed by atoms with Crippen molar-refractivity contribution in [2.24, 2.45) is 0 Å². The minimum Gasteiger partial charge on any atom is -0.497 e. The van der Waals surface area contributed by atoms with Crippen LogP contribution in [0.4, 0.5) is 5.00 Å². The molecule has 7 nitrogen and oxygen atoms in total. The van der Waals surface area contributed by atoms with Gasteiger partial charge in [-0.25, -0.2) is 0 Å². The molecule has 0 saturated carbocycles. The number of fused-ring (bicyclic) bond motifs is 1. The maximum atomic E-state index is 12.6. The molecule has 1 amide bonds. The molecule has 0 radical (unpaired) electrons. The van der Waals surface area contributed by atoms with Crippen molar-refractivity contribution in [3.63, 3.8) is 0 Å². The fourth-order valence-corrected chi connectivity index (χ4v) is 5.53. The zero-order chi connectivity index (χ0) is 22.3. The highest BCUT2D eigenvalue weighted by Gasteiger charge is 2.23. The van der Waals surface area contributed by atoms with Gasteiger partial charge in [-0.15, -0.1) is 11.3 Å². The van der Waals surface area contributed by atoms with Crippen molar-refractivity contribution in [1.82, 2.24) is 9.80 Å². The van der Waals surface area contributed by atoms with E-state index in [4.69, 9.17) is 9.47 Å². The second kappa shape index (κ2) is 10.8. The van der Waals surface area contributed by atoms with E-state index >= 15 is 0 Å². The summed E-state index contributed by atoms with van der Waals surface area (Å²) in [6.45, 7) is 5.38. The molecule has 1 aromatic carbocycles. The second-order valence-corrected chi connectivity index (χ2v) is 9.32. The Balaban J connectivity index is 1.18. The van der Waals surface area contributed by atoms with Crippen LogP contribution in [0, 0.1) is 11.3 Å². The molecule has 2 aliphatic rings. The Morgan fingerprint density at radius 2 is 1.78 bits per heavy atom. The third-order valence-corrected chi connectivity index (χ3v) is 7.31. The number of carbonyl (C=O) groups excluding carboxylic acids is 1. The Kier molecular flexibility index (Phi) is 7.63. The SMILES string of the molecule is COc1ccc(OCCN2CCN(CC(=O)Nc3sc4c(c3C#N)CCCC4)CC2)cc1. The fraction of sp³-hybridized carbons (Fsp3) is 0.500. The third-order valence-electron chi connectivity index (χ3n) is 6.10. The second-order valence-electron chi connectivity index (χ2n) is 8.22. The number of nitrogens with one attached hydrogen (secondary N) is 1. The summed E-state index contributed by atoms with van der Waals surface area (Å²) in [6, 6.07) is 9.93. The first-order valence-electron chi connectivity index (χ1n) is 11.2. The van der Waals surface area contributed by atoms with E-state index in [1.165, 1.54) is 11.3 Å². The number of amides is 1. The number of aryl methyl sites for hydroxylation is 1. The molecule has 32 heavy (non-hydrogen) atoms. The fourth-order valence-electron chi connectivity index (χ4n) is 4.28. The molecule has 1 fully saturated rings. The molecule has 1 aliphatic heterocycles. The number of carbonyl (C=O) groups is 1. The number of hydrogen-bond donors (Lipinski definition) is 1. The molecule has 2 heterocycles. The molecular weight excluding hydrogens is 424 g/mol. The first-order chi connectivity index (χ1) is 15.7. The maximum Gasteiger partial charge on any atom is 0.239 e. The summed E-state index contributed by atoms with van der Waals surface area (Å²) in [7, 11) is 1.65. The molecule has 0 unspecified atom stereocenters. The molecule has 170 valence electrons. The van der Waals surface area contributed by atoms with Crippen LogP contribution >= 0.6 is 11.3 Å². The molecule has 1 aromatic heterocycles. The summed E-state index contributed by atoms with van der Waals surface area (Å²) >= 11 is 1.58. The lowest BCUT2D eigenvalue weighted by atomic mass is 9.96. The number of hydrogen-bond acceptors (Lipinski definition) is 7. The van der Waals surface area contributed by atoms with Gasteiger partial charge in [-0.05, 0) is 55.5 Å². The van der Waals surface area contributed by atoms with Crippen LogP contribution in [0.3, 0.4) is 0 Å². The standard InChI is InChI=1S/C24H30N4O3S/c1-30-18-6-8-19(9-7-18)31-15-14-27-10-12-28(13-11-27)17-23(29)26-24-21(16-25)20-4-2-3-5-22(20)32-24/h6-9H,2-5,10-15,17H2,1H3,(H,26,29). The predicted molar refractivity (Wildman–Crippen MR) is 126 cm³/mol. The van der Waals surface area contributed by atoms with Gasteiger partial charge in [-0.1, -0.05) is 0 Å². The van der Waals surface area contributed by atoms with Crippen molar-refractivity contribution in [2.75, 3.05) is 58.3 Å². The molecule has 1 aliphatic carbocycles. The van der Waals surface area contributed by atoms with E-state index in [2.05, 4.69) is 21.2 Å². The van der Waals surface area contributed by atoms with Crippen molar-refractivity contribution in [3.8, 4) is 17.6 Å². The largest absolute Gasteiger partial charge is 0.497 e. The highest BCUT2D eigenvalue weighted by atomic mass is 32.1. The minimum atomic E-state index is -0.0311. The molecule has 0 bridgehead atoms. The first kappa shape index (κ1) is 22.6. The highest BCUT2D eigenvalue weighted by Crippen LogP contribution is 2.37. The molecule has 0 spiro atoms. The number of nitriles is 1. The molecule has 1 saturated heterocycles. The monoisotopic (exact) mass is 454 g/mol. The van der Waals surface area contributed by atoms with Gasteiger partial charge >= 0.3 is 0 Å². The minimum absolute atomic E-state index is 0.0311.